The standard InChI is InChI=1S/C11H11N3O/c1-14-5-7-2-3-10-9(11(7)13-14)4-8(6-15)12-10/h4-6,12H,2-3H2,1H3. The Bertz CT molecular complexity index is 536. The van der Waals surface area contributed by atoms with Crippen LogP contribution in [-0.4, -0.2) is 21.1 Å². The molecule has 2 heterocycles. The molecule has 0 spiro atoms. The lowest BCUT2D eigenvalue weighted by Crippen LogP contribution is -2.00. The molecular weight excluding hydrogens is 190 g/mol. The van der Waals surface area contributed by atoms with Crippen LogP contribution in [0.3, 0.4) is 0 Å². The van der Waals surface area contributed by atoms with Gasteiger partial charge in [-0.05, 0) is 24.5 Å². The van der Waals surface area contributed by atoms with Crippen molar-refractivity contribution in [3.63, 3.8) is 0 Å². The molecule has 0 atom stereocenters. The van der Waals surface area contributed by atoms with Crippen molar-refractivity contribution in [1.29, 1.82) is 0 Å². The van der Waals surface area contributed by atoms with Crippen molar-refractivity contribution in [2.75, 3.05) is 0 Å². The number of hydrogen-bond donors (Lipinski definition) is 1. The van der Waals surface area contributed by atoms with Gasteiger partial charge in [-0.15, -0.1) is 0 Å². The summed E-state index contributed by atoms with van der Waals surface area (Å²) in [5.74, 6) is 0. The molecule has 2 aromatic heterocycles. The van der Waals surface area contributed by atoms with Crippen LogP contribution in [-0.2, 0) is 19.9 Å². The number of aromatic nitrogens is 3. The second-order valence-corrected chi connectivity index (χ2v) is 3.91. The molecule has 15 heavy (non-hydrogen) atoms. The summed E-state index contributed by atoms with van der Waals surface area (Å²) in [5.41, 5.74) is 5.13. The van der Waals surface area contributed by atoms with Crippen molar-refractivity contribution in [2.24, 2.45) is 7.05 Å². The summed E-state index contributed by atoms with van der Waals surface area (Å²) in [4.78, 5) is 13.8. The first-order valence-corrected chi connectivity index (χ1v) is 4.98. The summed E-state index contributed by atoms with van der Waals surface area (Å²) in [6.45, 7) is 0. The second-order valence-electron chi connectivity index (χ2n) is 3.91. The molecule has 0 radical (unpaired) electrons. The fourth-order valence-corrected chi connectivity index (χ4v) is 2.20. The SMILES string of the molecule is Cn1cc2c(n1)-c1cc(C=O)[nH]c1CC2. The minimum absolute atomic E-state index is 0.638. The molecule has 0 saturated heterocycles. The highest BCUT2D eigenvalue weighted by molar-refractivity contribution is 5.79. The predicted octanol–water partition coefficient (Wildman–Crippen LogP) is 1.33. The zero-order chi connectivity index (χ0) is 10.4. The minimum Gasteiger partial charge on any atom is -0.356 e. The molecule has 0 amide bonds. The first kappa shape index (κ1) is 8.47. The van der Waals surface area contributed by atoms with Crippen molar-refractivity contribution >= 4 is 6.29 Å². The lowest BCUT2D eigenvalue weighted by Gasteiger charge is -2.09. The number of nitrogens with one attached hydrogen (secondary N) is 1. The Labute approximate surface area is 86.9 Å². The van der Waals surface area contributed by atoms with Gasteiger partial charge in [0, 0.05) is 24.5 Å². The molecule has 3 rings (SSSR count). The van der Waals surface area contributed by atoms with E-state index in [0.29, 0.717) is 5.69 Å². The molecule has 0 unspecified atom stereocenters. The Morgan fingerprint density at radius 3 is 3.20 bits per heavy atom. The van der Waals surface area contributed by atoms with Gasteiger partial charge in [0.2, 0.25) is 0 Å². The van der Waals surface area contributed by atoms with Gasteiger partial charge in [-0.25, -0.2) is 0 Å². The van der Waals surface area contributed by atoms with Gasteiger partial charge in [0.1, 0.15) is 0 Å². The van der Waals surface area contributed by atoms with Crippen molar-refractivity contribution < 1.29 is 4.79 Å². The van der Waals surface area contributed by atoms with Gasteiger partial charge in [0.25, 0.3) is 0 Å². The summed E-state index contributed by atoms with van der Waals surface area (Å²) in [5, 5.41) is 4.42. The van der Waals surface area contributed by atoms with E-state index in [1.807, 2.05) is 24.0 Å². The number of fused-ring (bicyclic) bond motifs is 3. The molecule has 0 fully saturated rings. The topological polar surface area (TPSA) is 50.7 Å². The van der Waals surface area contributed by atoms with E-state index in [4.69, 9.17) is 0 Å². The van der Waals surface area contributed by atoms with E-state index in [9.17, 15) is 4.79 Å². The summed E-state index contributed by atoms with van der Waals surface area (Å²) in [7, 11) is 1.92. The molecule has 0 aliphatic heterocycles. The first-order valence-electron chi connectivity index (χ1n) is 4.98. The number of aromatic amines is 1. The normalized spacial score (nSPS) is 13.4. The van der Waals surface area contributed by atoms with E-state index in [1.165, 1.54) is 5.56 Å². The predicted molar refractivity (Wildman–Crippen MR) is 55.8 cm³/mol. The highest BCUT2D eigenvalue weighted by Gasteiger charge is 2.21. The van der Waals surface area contributed by atoms with E-state index < -0.39 is 0 Å². The minimum atomic E-state index is 0.638. The highest BCUT2D eigenvalue weighted by Crippen LogP contribution is 2.32. The molecule has 2 aromatic rings. The Kier molecular flexibility index (Phi) is 1.59. The molecule has 1 aliphatic rings. The third-order valence-electron chi connectivity index (χ3n) is 2.85. The third kappa shape index (κ3) is 1.14. The number of carbonyl (C=O) groups excluding carboxylic acids is 1. The number of rotatable bonds is 1. The fourth-order valence-electron chi connectivity index (χ4n) is 2.20. The van der Waals surface area contributed by atoms with Crippen LogP contribution >= 0.6 is 0 Å². The number of nitrogens with zero attached hydrogens (tertiary/aromatic N) is 2. The van der Waals surface area contributed by atoms with Crippen molar-refractivity contribution in [1.82, 2.24) is 14.8 Å². The average Bonchev–Trinajstić information content (AvgIpc) is 2.78. The van der Waals surface area contributed by atoms with Gasteiger partial charge in [0.15, 0.2) is 6.29 Å². The summed E-state index contributed by atoms with van der Waals surface area (Å²) in [6, 6.07) is 1.88. The van der Waals surface area contributed by atoms with Crippen LogP contribution in [0, 0.1) is 0 Å². The van der Waals surface area contributed by atoms with Crippen LogP contribution in [0.15, 0.2) is 12.3 Å². The van der Waals surface area contributed by atoms with E-state index in [0.717, 1.165) is 36.1 Å². The quantitative estimate of drug-likeness (QED) is 0.707. The Morgan fingerprint density at radius 2 is 2.40 bits per heavy atom. The van der Waals surface area contributed by atoms with E-state index in [-0.39, 0.29) is 0 Å². The van der Waals surface area contributed by atoms with E-state index >= 15 is 0 Å². The molecule has 0 saturated carbocycles. The smallest absolute Gasteiger partial charge is 0.166 e. The van der Waals surface area contributed by atoms with Crippen LogP contribution in [0.1, 0.15) is 21.7 Å². The summed E-state index contributed by atoms with van der Waals surface area (Å²) in [6.07, 6.45) is 4.85. The Hall–Kier alpha value is -1.84. The van der Waals surface area contributed by atoms with Gasteiger partial charge in [-0.1, -0.05) is 0 Å². The molecule has 1 aliphatic carbocycles. The number of hydrogen-bond acceptors (Lipinski definition) is 2. The van der Waals surface area contributed by atoms with E-state index in [2.05, 4.69) is 10.1 Å². The summed E-state index contributed by atoms with van der Waals surface area (Å²) >= 11 is 0. The second kappa shape index (κ2) is 2.82. The van der Waals surface area contributed by atoms with Crippen LogP contribution in [0.25, 0.3) is 11.3 Å². The molecule has 4 heteroatoms. The van der Waals surface area contributed by atoms with Gasteiger partial charge < -0.3 is 4.98 Å². The monoisotopic (exact) mass is 201 g/mol. The first-order chi connectivity index (χ1) is 7.28. The van der Waals surface area contributed by atoms with Gasteiger partial charge in [-0.3, -0.25) is 9.48 Å². The Morgan fingerprint density at radius 1 is 1.53 bits per heavy atom. The van der Waals surface area contributed by atoms with Crippen molar-refractivity contribution in [3.8, 4) is 11.3 Å². The largest absolute Gasteiger partial charge is 0.356 e. The van der Waals surface area contributed by atoms with Crippen LogP contribution in [0.5, 0.6) is 0 Å². The molecule has 0 bridgehead atoms. The molecule has 76 valence electrons. The molecular formula is C11H11N3O. The number of H-pyrrole nitrogens is 1. The molecule has 0 aromatic carbocycles. The maximum Gasteiger partial charge on any atom is 0.166 e. The van der Waals surface area contributed by atoms with Crippen LogP contribution in [0.2, 0.25) is 0 Å². The molecule has 4 nitrogen and oxygen atoms in total. The zero-order valence-corrected chi connectivity index (χ0v) is 8.45. The maximum atomic E-state index is 10.7. The zero-order valence-electron chi connectivity index (χ0n) is 8.45. The average molecular weight is 201 g/mol. The van der Waals surface area contributed by atoms with Crippen LogP contribution < -0.4 is 0 Å². The molecule has 1 N–H and O–H groups in total. The maximum absolute atomic E-state index is 10.7. The van der Waals surface area contributed by atoms with Crippen LogP contribution in [0.4, 0.5) is 0 Å². The number of aryl methyl sites for hydroxylation is 3. The van der Waals surface area contributed by atoms with Gasteiger partial charge in [0.05, 0.1) is 11.4 Å². The summed E-state index contributed by atoms with van der Waals surface area (Å²) < 4.78 is 1.83. The number of aldehydes is 1. The Balaban J connectivity index is 2.23. The number of carbonyl (C=O) groups is 1. The van der Waals surface area contributed by atoms with Crippen molar-refractivity contribution in [2.45, 2.75) is 12.8 Å². The highest BCUT2D eigenvalue weighted by atomic mass is 16.1. The van der Waals surface area contributed by atoms with Gasteiger partial charge in [-0.2, -0.15) is 5.10 Å². The fraction of sp³-hybridized carbons (Fsp3) is 0.273. The lowest BCUT2D eigenvalue weighted by atomic mass is 9.96. The van der Waals surface area contributed by atoms with Gasteiger partial charge >= 0.3 is 0 Å². The third-order valence-corrected chi connectivity index (χ3v) is 2.85. The lowest BCUT2D eigenvalue weighted by molar-refractivity contribution is 0.111. The van der Waals surface area contributed by atoms with E-state index in [1.54, 1.807) is 0 Å². The van der Waals surface area contributed by atoms with Crippen molar-refractivity contribution in [3.05, 3.63) is 29.2 Å².